The van der Waals surface area contributed by atoms with Crippen molar-refractivity contribution >= 4 is 11.8 Å². The molecule has 0 aromatic rings. The van der Waals surface area contributed by atoms with E-state index in [1.165, 1.54) is 12.8 Å². The summed E-state index contributed by atoms with van der Waals surface area (Å²) in [6.45, 7) is 1.05. The Labute approximate surface area is 60.9 Å². The molecule has 52 valence electrons. The van der Waals surface area contributed by atoms with Crippen molar-refractivity contribution in [2.24, 2.45) is 0 Å². The molecule has 1 atom stereocenters. The Balaban J connectivity index is 2.26. The van der Waals surface area contributed by atoms with Gasteiger partial charge in [0.15, 0.2) is 0 Å². The molecule has 0 saturated carbocycles. The molecule has 1 aliphatic heterocycles. The van der Waals surface area contributed by atoms with Crippen LogP contribution < -0.4 is 5.32 Å². The minimum atomic E-state index is 0.681. The van der Waals surface area contributed by atoms with Crippen LogP contribution in [0.2, 0.25) is 0 Å². The molecule has 1 heterocycles. The maximum Gasteiger partial charge on any atom is 0.0534 e. The van der Waals surface area contributed by atoms with E-state index in [1.807, 2.05) is 11.8 Å². The van der Waals surface area contributed by atoms with E-state index in [0.717, 1.165) is 6.54 Å². The topological polar surface area (TPSA) is 12.0 Å². The first kappa shape index (κ1) is 7.16. The van der Waals surface area contributed by atoms with Gasteiger partial charge >= 0.3 is 0 Å². The van der Waals surface area contributed by atoms with E-state index in [2.05, 4.69) is 23.7 Å². The molecule has 0 aromatic carbocycles. The third-order valence-corrected chi connectivity index (χ3v) is 2.48. The van der Waals surface area contributed by atoms with E-state index >= 15 is 0 Å². The predicted molar refractivity (Wildman–Crippen MR) is 43.7 cm³/mol. The first-order chi connectivity index (χ1) is 4.43. The fourth-order valence-electron chi connectivity index (χ4n) is 0.952. The molecule has 0 aliphatic carbocycles. The largest absolute Gasteiger partial charge is 0.302 e. The van der Waals surface area contributed by atoms with Gasteiger partial charge in [0.05, 0.1) is 5.37 Å². The second-order valence-electron chi connectivity index (χ2n) is 2.18. The Kier molecular flexibility index (Phi) is 3.15. The number of nitrogens with one attached hydrogen (secondary N) is 1. The lowest BCUT2D eigenvalue weighted by Gasteiger charge is -2.10. The number of hydrogen-bond donors (Lipinski definition) is 1. The number of thioether (sulfide) groups is 1. The van der Waals surface area contributed by atoms with Gasteiger partial charge in [0.1, 0.15) is 0 Å². The van der Waals surface area contributed by atoms with E-state index in [0.29, 0.717) is 5.37 Å². The van der Waals surface area contributed by atoms with Crippen LogP contribution in [0.1, 0.15) is 12.8 Å². The molecule has 1 nitrogen and oxygen atoms in total. The van der Waals surface area contributed by atoms with Crippen molar-refractivity contribution in [1.82, 2.24) is 5.32 Å². The zero-order valence-electron chi connectivity index (χ0n) is 5.76. The molecule has 1 unspecified atom stereocenters. The lowest BCUT2D eigenvalue weighted by atomic mass is 10.3. The van der Waals surface area contributed by atoms with Crippen molar-refractivity contribution in [3.8, 4) is 0 Å². The van der Waals surface area contributed by atoms with E-state index in [-0.39, 0.29) is 0 Å². The predicted octanol–water partition coefficient (Wildman–Crippen LogP) is 1.62. The Morgan fingerprint density at radius 3 is 3.22 bits per heavy atom. The molecule has 0 radical (unpaired) electrons. The van der Waals surface area contributed by atoms with Gasteiger partial charge in [-0.2, -0.15) is 0 Å². The summed E-state index contributed by atoms with van der Waals surface area (Å²) >= 11 is 1.91. The highest BCUT2D eigenvalue weighted by Crippen LogP contribution is 2.11. The molecule has 0 bridgehead atoms. The summed E-state index contributed by atoms with van der Waals surface area (Å²) in [6, 6.07) is 0. The van der Waals surface area contributed by atoms with Gasteiger partial charge in [-0.3, -0.25) is 0 Å². The van der Waals surface area contributed by atoms with Crippen molar-refractivity contribution < 1.29 is 0 Å². The second-order valence-corrected chi connectivity index (χ2v) is 3.22. The summed E-state index contributed by atoms with van der Waals surface area (Å²) < 4.78 is 0. The molecule has 0 amide bonds. The van der Waals surface area contributed by atoms with Crippen LogP contribution in [0.3, 0.4) is 0 Å². The molecule has 0 spiro atoms. The third-order valence-electron chi connectivity index (χ3n) is 1.51. The highest BCUT2D eigenvalue weighted by atomic mass is 32.2. The Morgan fingerprint density at radius 2 is 2.44 bits per heavy atom. The Morgan fingerprint density at radius 1 is 1.56 bits per heavy atom. The van der Waals surface area contributed by atoms with Crippen LogP contribution in [0, 0.1) is 0 Å². The molecule has 9 heavy (non-hydrogen) atoms. The molecule has 2 heteroatoms. The Hall–Kier alpha value is 0.0500. The van der Waals surface area contributed by atoms with Crippen LogP contribution in [0.5, 0.6) is 0 Å². The molecule has 1 aliphatic rings. The quantitative estimate of drug-likeness (QED) is 0.560. The highest BCUT2D eigenvalue weighted by molar-refractivity contribution is 7.99. The van der Waals surface area contributed by atoms with Crippen molar-refractivity contribution in [2.45, 2.75) is 18.2 Å². The smallest absolute Gasteiger partial charge is 0.0534 e. The van der Waals surface area contributed by atoms with Crippen molar-refractivity contribution in [3.63, 3.8) is 0 Å². The average molecular weight is 143 g/mol. The van der Waals surface area contributed by atoms with Gasteiger partial charge in [-0.05, 0) is 19.1 Å². The fraction of sp³-hybridized carbons (Fsp3) is 0.714. The molecule has 0 saturated heterocycles. The van der Waals surface area contributed by atoms with Gasteiger partial charge in [0.25, 0.3) is 0 Å². The maximum absolute atomic E-state index is 3.41. The SMILES string of the molecule is CSC1CCC=CCN1. The minimum absolute atomic E-state index is 0.681. The summed E-state index contributed by atoms with van der Waals surface area (Å²) in [4.78, 5) is 0. The summed E-state index contributed by atoms with van der Waals surface area (Å²) in [6.07, 6.45) is 9.12. The number of rotatable bonds is 1. The normalized spacial score (nSPS) is 27.9. The summed E-state index contributed by atoms with van der Waals surface area (Å²) in [7, 11) is 0. The van der Waals surface area contributed by atoms with Gasteiger partial charge in [0.2, 0.25) is 0 Å². The van der Waals surface area contributed by atoms with E-state index in [9.17, 15) is 0 Å². The summed E-state index contributed by atoms with van der Waals surface area (Å²) in [5.41, 5.74) is 0. The zero-order chi connectivity index (χ0) is 6.53. The van der Waals surface area contributed by atoms with E-state index in [1.54, 1.807) is 0 Å². The lowest BCUT2D eigenvalue weighted by Crippen LogP contribution is -2.24. The first-order valence-electron chi connectivity index (χ1n) is 3.34. The average Bonchev–Trinajstić information content (AvgIpc) is 2.13. The van der Waals surface area contributed by atoms with Crippen molar-refractivity contribution in [2.75, 3.05) is 12.8 Å². The fourth-order valence-corrected chi connectivity index (χ4v) is 1.59. The van der Waals surface area contributed by atoms with Gasteiger partial charge in [0, 0.05) is 6.54 Å². The van der Waals surface area contributed by atoms with Crippen LogP contribution in [-0.4, -0.2) is 18.2 Å². The second kappa shape index (κ2) is 3.96. The lowest BCUT2D eigenvalue weighted by molar-refractivity contribution is 0.673. The van der Waals surface area contributed by atoms with Crippen LogP contribution in [-0.2, 0) is 0 Å². The Bertz CT molecular complexity index is 91.1. The van der Waals surface area contributed by atoms with E-state index in [4.69, 9.17) is 0 Å². The van der Waals surface area contributed by atoms with Gasteiger partial charge in [-0.1, -0.05) is 12.2 Å². The van der Waals surface area contributed by atoms with Gasteiger partial charge in [-0.15, -0.1) is 11.8 Å². The molecule has 1 rings (SSSR count). The van der Waals surface area contributed by atoms with Crippen molar-refractivity contribution in [1.29, 1.82) is 0 Å². The van der Waals surface area contributed by atoms with Crippen LogP contribution in [0.25, 0.3) is 0 Å². The summed E-state index contributed by atoms with van der Waals surface area (Å²) in [5.74, 6) is 0. The number of hydrogen-bond acceptors (Lipinski definition) is 2. The molecular formula is C7H13NS. The monoisotopic (exact) mass is 143 g/mol. The molecule has 0 fully saturated rings. The first-order valence-corrected chi connectivity index (χ1v) is 4.63. The van der Waals surface area contributed by atoms with Crippen molar-refractivity contribution in [3.05, 3.63) is 12.2 Å². The molecule has 0 aromatic heterocycles. The summed E-state index contributed by atoms with van der Waals surface area (Å²) in [5, 5.41) is 4.09. The van der Waals surface area contributed by atoms with Gasteiger partial charge in [-0.25, -0.2) is 0 Å². The van der Waals surface area contributed by atoms with Crippen LogP contribution >= 0.6 is 11.8 Å². The maximum atomic E-state index is 3.41. The molecule has 1 N–H and O–H groups in total. The van der Waals surface area contributed by atoms with Crippen LogP contribution in [0.4, 0.5) is 0 Å². The number of allylic oxidation sites excluding steroid dienone is 1. The minimum Gasteiger partial charge on any atom is -0.302 e. The zero-order valence-corrected chi connectivity index (χ0v) is 6.58. The standard InChI is InChI=1S/C7H13NS/c1-9-7-5-3-2-4-6-8-7/h2,4,7-8H,3,5-6H2,1H3. The highest BCUT2D eigenvalue weighted by Gasteiger charge is 2.04. The molecular weight excluding hydrogens is 130 g/mol. The van der Waals surface area contributed by atoms with Gasteiger partial charge < -0.3 is 5.32 Å². The van der Waals surface area contributed by atoms with Crippen LogP contribution in [0.15, 0.2) is 12.2 Å². The van der Waals surface area contributed by atoms with E-state index < -0.39 is 0 Å². The third kappa shape index (κ3) is 2.41.